The molecule has 4 atom stereocenters. The first-order valence-electron chi connectivity index (χ1n) is 7.19. The second kappa shape index (κ2) is 4.30. The van der Waals surface area contributed by atoms with Crippen molar-refractivity contribution in [3.8, 4) is 0 Å². The minimum absolute atomic E-state index is 0.714. The Morgan fingerprint density at radius 3 is 2.56 bits per heavy atom. The highest BCUT2D eigenvalue weighted by molar-refractivity contribution is 4.95. The Morgan fingerprint density at radius 1 is 1.19 bits per heavy atom. The molecule has 0 amide bonds. The molecule has 3 saturated carbocycles. The van der Waals surface area contributed by atoms with Crippen molar-refractivity contribution in [2.24, 2.45) is 11.8 Å². The van der Waals surface area contributed by atoms with Gasteiger partial charge in [-0.1, -0.05) is 6.42 Å². The SMILES string of the molecule is CC(CNC1CC2CCC1C2)N(C)C1CC1. The molecule has 4 unspecified atom stereocenters. The standard InChI is InChI=1S/C14H26N2/c1-10(16(2)13-5-6-13)9-15-14-8-11-3-4-12(14)7-11/h10-15H,3-9H2,1-2H3. The van der Waals surface area contributed by atoms with Crippen molar-refractivity contribution in [1.29, 1.82) is 0 Å². The fraction of sp³-hybridized carbons (Fsp3) is 1.00. The number of likely N-dealkylation sites (N-methyl/N-ethyl adjacent to an activating group) is 1. The van der Waals surface area contributed by atoms with Crippen LogP contribution in [-0.2, 0) is 0 Å². The van der Waals surface area contributed by atoms with E-state index in [9.17, 15) is 0 Å². The summed E-state index contributed by atoms with van der Waals surface area (Å²) in [5.74, 6) is 2.09. The quantitative estimate of drug-likeness (QED) is 0.767. The zero-order valence-electron chi connectivity index (χ0n) is 10.8. The van der Waals surface area contributed by atoms with Crippen LogP contribution in [0.5, 0.6) is 0 Å². The van der Waals surface area contributed by atoms with Crippen LogP contribution in [-0.4, -0.2) is 36.6 Å². The van der Waals surface area contributed by atoms with Crippen molar-refractivity contribution in [3.63, 3.8) is 0 Å². The lowest BCUT2D eigenvalue weighted by Gasteiger charge is -2.29. The molecule has 1 N–H and O–H groups in total. The second-order valence-electron chi connectivity index (χ2n) is 6.44. The summed E-state index contributed by atoms with van der Waals surface area (Å²) in [4.78, 5) is 2.57. The zero-order valence-corrected chi connectivity index (χ0v) is 10.8. The van der Waals surface area contributed by atoms with E-state index in [2.05, 4.69) is 24.2 Å². The third-order valence-corrected chi connectivity index (χ3v) is 5.23. The molecule has 92 valence electrons. The number of hydrogen-bond acceptors (Lipinski definition) is 2. The Labute approximate surface area is 99.8 Å². The normalized spacial score (nSPS) is 39.6. The summed E-state index contributed by atoms with van der Waals surface area (Å²) in [7, 11) is 2.30. The summed E-state index contributed by atoms with van der Waals surface area (Å²) >= 11 is 0. The van der Waals surface area contributed by atoms with E-state index in [0.29, 0.717) is 6.04 Å². The highest BCUT2D eigenvalue weighted by atomic mass is 15.2. The number of hydrogen-bond donors (Lipinski definition) is 1. The molecular formula is C14H26N2. The minimum atomic E-state index is 0.714. The molecule has 3 fully saturated rings. The van der Waals surface area contributed by atoms with Gasteiger partial charge in [-0.15, -0.1) is 0 Å². The molecule has 0 saturated heterocycles. The van der Waals surface area contributed by atoms with Gasteiger partial charge in [0.05, 0.1) is 0 Å². The summed E-state index contributed by atoms with van der Waals surface area (Å²) in [5, 5.41) is 3.83. The lowest BCUT2D eigenvalue weighted by molar-refractivity contribution is 0.225. The lowest BCUT2D eigenvalue weighted by Crippen LogP contribution is -2.44. The van der Waals surface area contributed by atoms with Gasteiger partial charge in [0.2, 0.25) is 0 Å². The van der Waals surface area contributed by atoms with Gasteiger partial charge in [0.25, 0.3) is 0 Å². The third-order valence-electron chi connectivity index (χ3n) is 5.23. The average molecular weight is 222 g/mol. The third kappa shape index (κ3) is 2.14. The van der Waals surface area contributed by atoms with Gasteiger partial charge in [-0.25, -0.2) is 0 Å². The maximum atomic E-state index is 3.83. The van der Waals surface area contributed by atoms with Crippen molar-refractivity contribution >= 4 is 0 Å². The van der Waals surface area contributed by atoms with Gasteiger partial charge in [0.15, 0.2) is 0 Å². The van der Waals surface area contributed by atoms with Crippen LogP contribution in [0.15, 0.2) is 0 Å². The fourth-order valence-electron chi connectivity index (χ4n) is 3.80. The molecule has 0 aromatic heterocycles. The Kier molecular flexibility index (Phi) is 2.97. The van der Waals surface area contributed by atoms with Crippen molar-refractivity contribution in [2.45, 2.75) is 63.6 Å². The van der Waals surface area contributed by atoms with Gasteiger partial charge in [-0.05, 0) is 57.9 Å². The molecule has 0 aromatic carbocycles. The molecule has 2 heteroatoms. The fourth-order valence-corrected chi connectivity index (χ4v) is 3.80. The average Bonchev–Trinajstić information content (AvgIpc) is 2.94. The van der Waals surface area contributed by atoms with Crippen LogP contribution in [0.1, 0.15) is 45.4 Å². The first-order chi connectivity index (χ1) is 7.74. The van der Waals surface area contributed by atoms with Crippen LogP contribution in [0, 0.1) is 11.8 Å². The number of fused-ring (bicyclic) bond motifs is 2. The molecule has 0 spiro atoms. The Balaban J connectivity index is 1.42. The van der Waals surface area contributed by atoms with E-state index in [1.54, 1.807) is 0 Å². The van der Waals surface area contributed by atoms with Crippen LogP contribution < -0.4 is 5.32 Å². The van der Waals surface area contributed by atoms with E-state index in [0.717, 1.165) is 23.9 Å². The van der Waals surface area contributed by atoms with Gasteiger partial charge in [0.1, 0.15) is 0 Å². The highest BCUT2D eigenvalue weighted by Crippen LogP contribution is 2.44. The van der Waals surface area contributed by atoms with Crippen LogP contribution in [0.4, 0.5) is 0 Å². The largest absolute Gasteiger partial charge is 0.312 e. The van der Waals surface area contributed by atoms with Crippen LogP contribution in [0.3, 0.4) is 0 Å². The zero-order chi connectivity index (χ0) is 11.1. The monoisotopic (exact) mass is 222 g/mol. The van der Waals surface area contributed by atoms with Crippen LogP contribution in [0.25, 0.3) is 0 Å². The first kappa shape index (κ1) is 11.0. The van der Waals surface area contributed by atoms with E-state index in [1.807, 2.05) is 0 Å². The Bertz CT molecular complexity index is 249. The molecule has 2 nitrogen and oxygen atoms in total. The predicted molar refractivity (Wildman–Crippen MR) is 67.5 cm³/mol. The van der Waals surface area contributed by atoms with Gasteiger partial charge in [-0.3, -0.25) is 4.90 Å². The van der Waals surface area contributed by atoms with Crippen molar-refractivity contribution in [3.05, 3.63) is 0 Å². The summed E-state index contributed by atoms with van der Waals surface area (Å²) in [6.07, 6.45) is 8.84. The van der Waals surface area contributed by atoms with Crippen molar-refractivity contribution < 1.29 is 0 Å². The maximum absolute atomic E-state index is 3.83. The molecule has 0 heterocycles. The summed E-state index contributed by atoms with van der Waals surface area (Å²) < 4.78 is 0. The minimum Gasteiger partial charge on any atom is -0.312 e. The lowest BCUT2D eigenvalue weighted by atomic mass is 9.95. The summed E-state index contributed by atoms with van der Waals surface area (Å²) in [6, 6.07) is 2.47. The number of nitrogens with zero attached hydrogens (tertiary/aromatic N) is 1. The molecule has 3 aliphatic carbocycles. The van der Waals surface area contributed by atoms with Crippen LogP contribution >= 0.6 is 0 Å². The first-order valence-corrected chi connectivity index (χ1v) is 7.19. The predicted octanol–water partition coefficient (Wildman–Crippen LogP) is 2.25. The molecule has 0 radical (unpaired) electrons. The Hall–Kier alpha value is -0.0800. The van der Waals surface area contributed by atoms with E-state index in [4.69, 9.17) is 0 Å². The van der Waals surface area contributed by atoms with Gasteiger partial charge in [0, 0.05) is 24.7 Å². The molecule has 16 heavy (non-hydrogen) atoms. The molecule has 3 rings (SSSR count). The number of rotatable bonds is 5. The van der Waals surface area contributed by atoms with Gasteiger partial charge in [-0.2, -0.15) is 0 Å². The molecule has 3 aliphatic rings. The Morgan fingerprint density at radius 2 is 2.00 bits per heavy atom. The smallest absolute Gasteiger partial charge is 0.0192 e. The van der Waals surface area contributed by atoms with Crippen LogP contribution in [0.2, 0.25) is 0 Å². The van der Waals surface area contributed by atoms with E-state index >= 15 is 0 Å². The second-order valence-corrected chi connectivity index (χ2v) is 6.44. The topological polar surface area (TPSA) is 15.3 Å². The van der Waals surface area contributed by atoms with Crippen molar-refractivity contribution in [1.82, 2.24) is 10.2 Å². The van der Waals surface area contributed by atoms with E-state index in [-0.39, 0.29) is 0 Å². The molecule has 2 bridgehead atoms. The molecule has 0 aromatic rings. The van der Waals surface area contributed by atoms with E-state index < -0.39 is 0 Å². The molecular weight excluding hydrogens is 196 g/mol. The van der Waals surface area contributed by atoms with Crippen molar-refractivity contribution in [2.75, 3.05) is 13.6 Å². The highest BCUT2D eigenvalue weighted by Gasteiger charge is 2.39. The van der Waals surface area contributed by atoms with E-state index in [1.165, 1.54) is 45.1 Å². The van der Waals surface area contributed by atoms with Gasteiger partial charge < -0.3 is 5.32 Å². The number of nitrogens with one attached hydrogen (secondary N) is 1. The molecule has 0 aliphatic heterocycles. The summed E-state index contributed by atoms with van der Waals surface area (Å²) in [6.45, 7) is 3.57. The van der Waals surface area contributed by atoms with Gasteiger partial charge >= 0.3 is 0 Å². The maximum Gasteiger partial charge on any atom is 0.0192 e. The summed E-state index contributed by atoms with van der Waals surface area (Å²) in [5.41, 5.74) is 0.